The fourth-order valence-electron chi connectivity index (χ4n) is 8.87. The predicted molar refractivity (Wildman–Crippen MR) is 311 cm³/mol. The van der Waals surface area contributed by atoms with Crippen LogP contribution in [0.15, 0.2) is 72.9 Å². The molecule has 1 atom stereocenters. The summed E-state index contributed by atoms with van der Waals surface area (Å²) in [5, 5.41) is 0. The van der Waals surface area contributed by atoms with Gasteiger partial charge in [-0.25, -0.2) is 0 Å². The van der Waals surface area contributed by atoms with Crippen LogP contribution in [0.3, 0.4) is 0 Å². The Bertz CT molecular complexity index is 1340. The van der Waals surface area contributed by atoms with Crippen LogP contribution in [0.1, 0.15) is 310 Å². The van der Waals surface area contributed by atoms with Gasteiger partial charge in [-0.3, -0.25) is 14.4 Å². The molecule has 0 aromatic rings. The summed E-state index contributed by atoms with van der Waals surface area (Å²) >= 11 is 0. The lowest BCUT2D eigenvalue weighted by Crippen LogP contribution is -2.30. The second-order valence-corrected chi connectivity index (χ2v) is 20.6. The Balaban J connectivity index is 4.25. The molecule has 0 heterocycles. The van der Waals surface area contributed by atoms with Crippen molar-refractivity contribution < 1.29 is 28.6 Å². The molecule has 0 saturated heterocycles. The van der Waals surface area contributed by atoms with Gasteiger partial charge in [-0.05, 0) is 70.6 Å². The highest BCUT2D eigenvalue weighted by Gasteiger charge is 2.19. The van der Waals surface area contributed by atoms with E-state index in [2.05, 4.69) is 81.5 Å². The Morgan fingerprint density at radius 1 is 0.306 bits per heavy atom. The highest BCUT2D eigenvalue weighted by molar-refractivity contribution is 5.72. The van der Waals surface area contributed by atoms with Crippen molar-refractivity contribution in [3.05, 3.63) is 72.9 Å². The standard InChI is InChI=1S/C66H116O6/c1-4-7-10-13-16-19-22-25-27-28-29-30-31-32-33-34-35-36-37-38-40-41-44-47-50-53-56-59-65(68)71-62-63(61-70-64(67)58-55-52-49-46-43-24-21-18-15-12-9-6-3)72-66(69)60-57-54-51-48-45-42-39-26-23-20-17-14-11-8-5-2/h8,11,17-18,20-21,26,39,45,48,54,57,63H,4-7,9-10,12-16,19,22-25,27-38,40-44,46-47,49-53,55-56,58-62H2,1-3H3/b11-8-,20-17-,21-18-,39-26-,48-45-,57-54-. The summed E-state index contributed by atoms with van der Waals surface area (Å²) in [4.78, 5) is 38.1. The van der Waals surface area contributed by atoms with Crippen LogP contribution in [0, 0.1) is 0 Å². The van der Waals surface area contributed by atoms with E-state index in [1.165, 1.54) is 186 Å². The molecule has 0 fully saturated rings. The van der Waals surface area contributed by atoms with E-state index in [1.54, 1.807) is 6.08 Å². The van der Waals surface area contributed by atoms with Gasteiger partial charge >= 0.3 is 17.9 Å². The zero-order chi connectivity index (χ0) is 52.2. The Labute approximate surface area is 446 Å². The summed E-state index contributed by atoms with van der Waals surface area (Å²) in [6.07, 6.45) is 78.1. The summed E-state index contributed by atoms with van der Waals surface area (Å²) in [7, 11) is 0. The number of rotatable bonds is 56. The van der Waals surface area contributed by atoms with Crippen LogP contribution in [0.25, 0.3) is 0 Å². The minimum absolute atomic E-state index is 0.0974. The van der Waals surface area contributed by atoms with Gasteiger partial charge in [0.25, 0.3) is 0 Å². The topological polar surface area (TPSA) is 78.9 Å². The van der Waals surface area contributed by atoms with E-state index in [4.69, 9.17) is 14.2 Å². The molecule has 0 rings (SSSR count). The minimum Gasteiger partial charge on any atom is -0.462 e. The van der Waals surface area contributed by atoms with Crippen molar-refractivity contribution in [1.29, 1.82) is 0 Å². The number of unbranched alkanes of at least 4 members (excludes halogenated alkanes) is 34. The maximum absolute atomic E-state index is 12.8. The normalized spacial score (nSPS) is 12.5. The third-order valence-corrected chi connectivity index (χ3v) is 13.5. The van der Waals surface area contributed by atoms with Crippen LogP contribution in [-0.2, 0) is 28.6 Å². The molecule has 0 N–H and O–H groups in total. The molecule has 0 aliphatic rings. The monoisotopic (exact) mass is 1000 g/mol. The lowest BCUT2D eigenvalue weighted by molar-refractivity contribution is -0.166. The number of carbonyl (C=O) groups is 3. The van der Waals surface area contributed by atoms with Crippen molar-refractivity contribution >= 4 is 17.9 Å². The first-order valence-electron chi connectivity index (χ1n) is 30.9. The first kappa shape index (κ1) is 68.8. The lowest BCUT2D eigenvalue weighted by atomic mass is 10.0. The lowest BCUT2D eigenvalue weighted by Gasteiger charge is -2.18. The molecule has 0 amide bonds. The molecule has 0 bridgehead atoms. The zero-order valence-electron chi connectivity index (χ0n) is 47.7. The number of esters is 3. The Kier molecular flexibility index (Phi) is 57.8. The van der Waals surface area contributed by atoms with Gasteiger partial charge in [-0.2, -0.15) is 0 Å². The summed E-state index contributed by atoms with van der Waals surface area (Å²) in [5.41, 5.74) is 0. The molecule has 0 aliphatic heterocycles. The van der Waals surface area contributed by atoms with E-state index in [-0.39, 0.29) is 31.6 Å². The molecule has 0 aromatic carbocycles. The second kappa shape index (κ2) is 60.4. The molecule has 0 saturated carbocycles. The molecule has 0 aromatic heterocycles. The largest absolute Gasteiger partial charge is 0.462 e. The molecule has 72 heavy (non-hydrogen) atoms. The van der Waals surface area contributed by atoms with Crippen molar-refractivity contribution in [1.82, 2.24) is 0 Å². The summed E-state index contributed by atoms with van der Waals surface area (Å²) in [6.45, 7) is 6.44. The van der Waals surface area contributed by atoms with Crippen LogP contribution in [-0.4, -0.2) is 37.2 Å². The summed E-state index contributed by atoms with van der Waals surface area (Å²) in [5.74, 6) is -1.04. The van der Waals surface area contributed by atoms with Gasteiger partial charge in [-0.1, -0.05) is 293 Å². The zero-order valence-corrected chi connectivity index (χ0v) is 47.7. The highest BCUT2D eigenvalue weighted by atomic mass is 16.6. The summed E-state index contributed by atoms with van der Waals surface area (Å²) in [6, 6.07) is 0. The van der Waals surface area contributed by atoms with Gasteiger partial charge in [0.1, 0.15) is 13.2 Å². The molecular weight excluding hydrogens is 889 g/mol. The van der Waals surface area contributed by atoms with E-state index >= 15 is 0 Å². The first-order chi connectivity index (χ1) is 35.5. The van der Waals surface area contributed by atoms with E-state index in [9.17, 15) is 14.4 Å². The average molecular weight is 1010 g/mol. The quantitative estimate of drug-likeness (QED) is 0.0261. The molecular formula is C66H116O6. The Morgan fingerprint density at radius 2 is 0.583 bits per heavy atom. The van der Waals surface area contributed by atoms with Gasteiger partial charge in [0.05, 0.1) is 6.42 Å². The fourth-order valence-corrected chi connectivity index (χ4v) is 8.87. The Morgan fingerprint density at radius 3 is 0.931 bits per heavy atom. The second-order valence-electron chi connectivity index (χ2n) is 20.6. The smallest absolute Gasteiger partial charge is 0.310 e. The van der Waals surface area contributed by atoms with Gasteiger partial charge < -0.3 is 14.2 Å². The van der Waals surface area contributed by atoms with E-state index < -0.39 is 12.1 Å². The molecule has 6 heteroatoms. The van der Waals surface area contributed by atoms with Gasteiger partial charge in [-0.15, -0.1) is 0 Å². The predicted octanol–water partition coefficient (Wildman–Crippen LogP) is 20.9. The third kappa shape index (κ3) is 57.7. The fraction of sp³-hybridized carbons (Fsp3) is 0.773. The molecule has 1 unspecified atom stereocenters. The van der Waals surface area contributed by atoms with Crippen LogP contribution in [0.5, 0.6) is 0 Å². The van der Waals surface area contributed by atoms with E-state index in [0.717, 1.165) is 83.5 Å². The van der Waals surface area contributed by atoms with E-state index in [1.807, 2.05) is 6.08 Å². The maximum Gasteiger partial charge on any atom is 0.310 e. The van der Waals surface area contributed by atoms with Crippen molar-refractivity contribution in [3.63, 3.8) is 0 Å². The average Bonchev–Trinajstić information content (AvgIpc) is 3.38. The van der Waals surface area contributed by atoms with Crippen LogP contribution in [0.4, 0.5) is 0 Å². The SMILES string of the molecule is CC/C=C\C/C=C\C/C=C\C/C=C\C/C=C\CC(=O)OC(COC(=O)CCCCCCC/C=C\CCCCC)COC(=O)CCCCCCCCCCCCCCCCCCCCCCCCCCCCC. The van der Waals surface area contributed by atoms with Crippen molar-refractivity contribution in [2.75, 3.05) is 13.2 Å². The number of hydrogen-bond donors (Lipinski definition) is 0. The number of allylic oxidation sites excluding steroid dienone is 11. The molecule has 0 aliphatic carbocycles. The van der Waals surface area contributed by atoms with Crippen molar-refractivity contribution in [2.24, 2.45) is 0 Å². The van der Waals surface area contributed by atoms with Crippen molar-refractivity contribution in [2.45, 2.75) is 316 Å². The van der Waals surface area contributed by atoms with E-state index in [0.29, 0.717) is 12.8 Å². The molecule has 0 spiro atoms. The van der Waals surface area contributed by atoms with Crippen molar-refractivity contribution in [3.8, 4) is 0 Å². The molecule has 0 radical (unpaired) electrons. The number of carbonyl (C=O) groups excluding carboxylic acids is 3. The van der Waals surface area contributed by atoms with Gasteiger partial charge in [0.15, 0.2) is 6.10 Å². The van der Waals surface area contributed by atoms with Crippen LogP contribution < -0.4 is 0 Å². The molecule has 6 nitrogen and oxygen atoms in total. The van der Waals surface area contributed by atoms with Gasteiger partial charge in [0, 0.05) is 12.8 Å². The molecule has 416 valence electrons. The Hall–Kier alpha value is -3.15. The van der Waals surface area contributed by atoms with Crippen LogP contribution in [0.2, 0.25) is 0 Å². The summed E-state index contributed by atoms with van der Waals surface area (Å²) < 4.78 is 16.8. The van der Waals surface area contributed by atoms with Gasteiger partial charge in [0.2, 0.25) is 0 Å². The minimum atomic E-state index is -0.832. The highest BCUT2D eigenvalue weighted by Crippen LogP contribution is 2.17. The maximum atomic E-state index is 12.8. The van der Waals surface area contributed by atoms with Crippen LogP contribution >= 0.6 is 0 Å². The number of ether oxygens (including phenoxy) is 3. The number of hydrogen-bond acceptors (Lipinski definition) is 6. The third-order valence-electron chi connectivity index (χ3n) is 13.5. The first-order valence-corrected chi connectivity index (χ1v) is 30.9.